The summed E-state index contributed by atoms with van der Waals surface area (Å²) in [6.07, 6.45) is 3.54. The molecule has 1 unspecified atom stereocenters. The van der Waals surface area contributed by atoms with Crippen molar-refractivity contribution in [3.8, 4) is 0 Å². The molecule has 1 aromatic carbocycles. The number of fused-ring (bicyclic) bond motifs is 1. The van der Waals surface area contributed by atoms with E-state index in [2.05, 4.69) is 10.1 Å². The normalized spacial score (nSPS) is 13.1. The summed E-state index contributed by atoms with van der Waals surface area (Å²) >= 11 is 5.90. The highest BCUT2D eigenvalue weighted by Crippen LogP contribution is 2.25. The molecule has 3 rings (SSSR count). The zero-order chi connectivity index (χ0) is 12.7. The number of hydrogen-bond acceptors (Lipinski definition) is 4. The lowest BCUT2D eigenvalue weighted by molar-refractivity contribution is 0.505. The molecule has 5 nitrogen and oxygen atoms in total. The molecule has 0 fully saturated rings. The Bertz CT molecular complexity index is 703. The van der Waals surface area contributed by atoms with Crippen LogP contribution in [-0.4, -0.2) is 14.8 Å². The Hall–Kier alpha value is -1.85. The molecule has 0 bridgehead atoms. The molecule has 0 saturated heterocycles. The van der Waals surface area contributed by atoms with Crippen molar-refractivity contribution >= 4 is 22.7 Å². The lowest BCUT2D eigenvalue weighted by atomic mass is 10.2. The van der Waals surface area contributed by atoms with Gasteiger partial charge in [-0.15, -0.1) is 0 Å². The van der Waals surface area contributed by atoms with Gasteiger partial charge in [0.1, 0.15) is 11.6 Å². The Labute approximate surface area is 108 Å². The van der Waals surface area contributed by atoms with Crippen molar-refractivity contribution in [1.29, 1.82) is 0 Å². The number of hydrogen-bond donors (Lipinski definition) is 1. The quantitative estimate of drug-likeness (QED) is 0.769. The number of nitrogens with zero attached hydrogens (tertiary/aromatic N) is 3. The third-order valence-corrected chi connectivity index (χ3v) is 2.95. The lowest BCUT2D eigenvalue weighted by Crippen LogP contribution is -2.11. The molecule has 0 saturated carbocycles. The number of aromatic nitrogens is 3. The van der Waals surface area contributed by atoms with Crippen molar-refractivity contribution in [2.45, 2.75) is 6.04 Å². The van der Waals surface area contributed by atoms with Crippen molar-refractivity contribution in [3.63, 3.8) is 0 Å². The number of aryl methyl sites for hydroxylation is 1. The van der Waals surface area contributed by atoms with Crippen LogP contribution in [0.2, 0.25) is 5.02 Å². The molecule has 0 amide bonds. The first-order valence-corrected chi connectivity index (χ1v) is 5.81. The van der Waals surface area contributed by atoms with Crippen LogP contribution in [0.1, 0.15) is 17.5 Å². The zero-order valence-electron chi connectivity index (χ0n) is 9.67. The standard InChI is InChI=1S/C12H11ClN4O/c1-17-6-7(5-15-17)11(14)12-16-9-3-2-8(13)4-10(9)18-12/h2-6,11H,14H2,1H3. The summed E-state index contributed by atoms with van der Waals surface area (Å²) in [6, 6.07) is 4.88. The van der Waals surface area contributed by atoms with Crippen LogP contribution in [0.15, 0.2) is 35.0 Å². The van der Waals surface area contributed by atoms with Gasteiger partial charge in [-0.3, -0.25) is 4.68 Å². The van der Waals surface area contributed by atoms with E-state index in [9.17, 15) is 0 Å². The third-order valence-electron chi connectivity index (χ3n) is 2.72. The van der Waals surface area contributed by atoms with Gasteiger partial charge in [-0.2, -0.15) is 5.10 Å². The smallest absolute Gasteiger partial charge is 0.217 e. The van der Waals surface area contributed by atoms with Crippen LogP contribution in [0.4, 0.5) is 0 Å². The van der Waals surface area contributed by atoms with Gasteiger partial charge in [-0.25, -0.2) is 4.98 Å². The first-order chi connectivity index (χ1) is 8.63. The van der Waals surface area contributed by atoms with E-state index >= 15 is 0 Å². The highest BCUT2D eigenvalue weighted by Gasteiger charge is 2.17. The number of oxazole rings is 1. The van der Waals surface area contributed by atoms with Gasteiger partial charge < -0.3 is 10.2 Å². The minimum Gasteiger partial charge on any atom is -0.439 e. The Kier molecular flexibility index (Phi) is 2.57. The number of rotatable bonds is 2. The molecule has 1 atom stereocenters. The highest BCUT2D eigenvalue weighted by molar-refractivity contribution is 6.31. The van der Waals surface area contributed by atoms with Gasteiger partial charge in [0.05, 0.1) is 6.20 Å². The van der Waals surface area contributed by atoms with Gasteiger partial charge >= 0.3 is 0 Å². The van der Waals surface area contributed by atoms with Gasteiger partial charge in [-0.05, 0) is 12.1 Å². The lowest BCUT2D eigenvalue weighted by Gasteiger charge is -2.02. The molecule has 0 aliphatic heterocycles. The van der Waals surface area contributed by atoms with E-state index in [-0.39, 0.29) is 0 Å². The number of benzene rings is 1. The topological polar surface area (TPSA) is 69.9 Å². The zero-order valence-corrected chi connectivity index (χ0v) is 10.4. The largest absolute Gasteiger partial charge is 0.439 e. The first-order valence-electron chi connectivity index (χ1n) is 5.43. The molecular formula is C12H11ClN4O. The molecule has 6 heteroatoms. The van der Waals surface area contributed by atoms with E-state index in [1.54, 1.807) is 29.1 Å². The first kappa shape index (κ1) is 11.3. The van der Waals surface area contributed by atoms with Crippen LogP contribution >= 0.6 is 11.6 Å². The molecule has 2 heterocycles. The third kappa shape index (κ3) is 1.87. The summed E-state index contributed by atoms with van der Waals surface area (Å²) < 4.78 is 7.31. The summed E-state index contributed by atoms with van der Waals surface area (Å²) in [5, 5.41) is 4.69. The number of halogens is 1. The SMILES string of the molecule is Cn1cc(C(N)c2nc3ccc(Cl)cc3o2)cn1. The van der Waals surface area contributed by atoms with Gasteiger partial charge in [0.2, 0.25) is 5.89 Å². The van der Waals surface area contributed by atoms with Gasteiger partial charge in [-0.1, -0.05) is 11.6 Å². The fourth-order valence-corrected chi connectivity index (χ4v) is 1.95. The van der Waals surface area contributed by atoms with E-state index in [4.69, 9.17) is 21.8 Å². The van der Waals surface area contributed by atoms with E-state index in [0.717, 1.165) is 11.1 Å². The molecule has 0 spiro atoms. The Morgan fingerprint density at radius 1 is 1.44 bits per heavy atom. The maximum atomic E-state index is 6.09. The van der Waals surface area contributed by atoms with E-state index < -0.39 is 6.04 Å². The van der Waals surface area contributed by atoms with Crippen LogP contribution < -0.4 is 5.73 Å². The van der Waals surface area contributed by atoms with Crippen LogP contribution in [0.5, 0.6) is 0 Å². The minimum atomic E-state index is -0.426. The second kappa shape index (κ2) is 4.12. The summed E-state index contributed by atoms with van der Waals surface area (Å²) in [7, 11) is 1.84. The minimum absolute atomic E-state index is 0.426. The van der Waals surface area contributed by atoms with E-state index in [1.807, 2.05) is 13.2 Å². The fraction of sp³-hybridized carbons (Fsp3) is 0.167. The Morgan fingerprint density at radius 3 is 3.00 bits per heavy atom. The van der Waals surface area contributed by atoms with Crippen molar-refractivity contribution < 1.29 is 4.42 Å². The average molecular weight is 263 g/mol. The van der Waals surface area contributed by atoms with Crippen molar-refractivity contribution in [1.82, 2.24) is 14.8 Å². The van der Waals surface area contributed by atoms with E-state index in [1.165, 1.54) is 0 Å². The molecule has 2 N–H and O–H groups in total. The van der Waals surface area contributed by atoms with Crippen molar-refractivity contribution in [3.05, 3.63) is 47.1 Å². The number of nitrogens with two attached hydrogens (primary N) is 1. The maximum Gasteiger partial charge on any atom is 0.217 e. The molecular weight excluding hydrogens is 252 g/mol. The summed E-state index contributed by atoms with van der Waals surface area (Å²) in [4.78, 5) is 4.35. The summed E-state index contributed by atoms with van der Waals surface area (Å²) in [5.41, 5.74) is 8.33. The molecule has 0 radical (unpaired) electrons. The van der Waals surface area contributed by atoms with Crippen LogP contribution in [0.3, 0.4) is 0 Å². The predicted molar refractivity (Wildman–Crippen MR) is 68.3 cm³/mol. The Morgan fingerprint density at radius 2 is 2.28 bits per heavy atom. The molecule has 0 aliphatic rings. The van der Waals surface area contributed by atoms with Crippen LogP contribution in [0, 0.1) is 0 Å². The average Bonchev–Trinajstić information content (AvgIpc) is 2.93. The molecule has 18 heavy (non-hydrogen) atoms. The molecule has 92 valence electrons. The van der Waals surface area contributed by atoms with Crippen LogP contribution in [0.25, 0.3) is 11.1 Å². The molecule has 3 aromatic rings. The van der Waals surface area contributed by atoms with Gasteiger partial charge in [0, 0.05) is 29.9 Å². The maximum absolute atomic E-state index is 6.09. The van der Waals surface area contributed by atoms with Crippen LogP contribution in [-0.2, 0) is 7.05 Å². The Balaban J connectivity index is 2.03. The fourth-order valence-electron chi connectivity index (χ4n) is 1.79. The highest BCUT2D eigenvalue weighted by atomic mass is 35.5. The van der Waals surface area contributed by atoms with Gasteiger partial charge in [0.15, 0.2) is 5.58 Å². The summed E-state index contributed by atoms with van der Waals surface area (Å²) in [6.45, 7) is 0. The van der Waals surface area contributed by atoms with Crippen molar-refractivity contribution in [2.24, 2.45) is 12.8 Å². The second-order valence-corrected chi connectivity index (χ2v) is 4.53. The second-order valence-electron chi connectivity index (χ2n) is 4.09. The monoisotopic (exact) mass is 262 g/mol. The van der Waals surface area contributed by atoms with E-state index in [0.29, 0.717) is 16.5 Å². The molecule has 2 aromatic heterocycles. The summed E-state index contributed by atoms with van der Waals surface area (Å²) in [5.74, 6) is 0.459. The van der Waals surface area contributed by atoms with Gasteiger partial charge in [0.25, 0.3) is 0 Å². The predicted octanol–water partition coefficient (Wildman–Crippen LogP) is 2.26. The molecule has 0 aliphatic carbocycles. The van der Waals surface area contributed by atoms with Crippen molar-refractivity contribution in [2.75, 3.05) is 0 Å².